The van der Waals surface area contributed by atoms with E-state index in [-0.39, 0.29) is 17.6 Å². The molecular weight excluding hydrogens is 190 g/mol. The summed E-state index contributed by atoms with van der Waals surface area (Å²) in [4.78, 5) is 11.4. The highest BCUT2D eigenvalue weighted by molar-refractivity contribution is 5.69. The summed E-state index contributed by atoms with van der Waals surface area (Å²) in [5, 5.41) is 3.28. The molecule has 1 aliphatic carbocycles. The van der Waals surface area contributed by atoms with Crippen molar-refractivity contribution in [3.8, 4) is 0 Å². The molecule has 1 N–H and O–H groups in total. The van der Waals surface area contributed by atoms with Crippen LogP contribution in [0.25, 0.3) is 0 Å². The molecule has 88 valence electrons. The number of carbonyl (C=O) groups excluding carboxylic acids is 1. The molecular formula is C12H23NO2. The van der Waals surface area contributed by atoms with Crippen molar-refractivity contribution in [1.29, 1.82) is 0 Å². The van der Waals surface area contributed by atoms with Crippen molar-refractivity contribution < 1.29 is 9.53 Å². The number of esters is 1. The van der Waals surface area contributed by atoms with Crippen molar-refractivity contribution >= 4 is 5.97 Å². The van der Waals surface area contributed by atoms with Gasteiger partial charge in [-0.2, -0.15) is 0 Å². The Morgan fingerprint density at radius 2 is 1.93 bits per heavy atom. The third-order valence-corrected chi connectivity index (χ3v) is 2.58. The zero-order chi connectivity index (χ0) is 11.3. The molecule has 1 saturated carbocycles. The highest BCUT2D eigenvalue weighted by Gasteiger charge is 2.19. The van der Waals surface area contributed by atoms with Crippen LogP contribution in [-0.4, -0.2) is 24.2 Å². The minimum Gasteiger partial charge on any atom is -0.462 e. The van der Waals surface area contributed by atoms with E-state index < -0.39 is 0 Å². The summed E-state index contributed by atoms with van der Waals surface area (Å²) >= 11 is 0. The Labute approximate surface area is 92.6 Å². The van der Waals surface area contributed by atoms with E-state index in [1.54, 1.807) is 0 Å². The molecule has 0 bridgehead atoms. The molecule has 3 nitrogen and oxygen atoms in total. The number of nitrogens with one attached hydrogen (secondary N) is 1. The Kier molecular flexibility index (Phi) is 4.58. The van der Waals surface area contributed by atoms with Gasteiger partial charge in [-0.25, -0.2) is 0 Å². The molecule has 0 aromatic heterocycles. The second-order valence-corrected chi connectivity index (χ2v) is 5.32. The van der Waals surface area contributed by atoms with Crippen LogP contribution in [0.2, 0.25) is 0 Å². The van der Waals surface area contributed by atoms with Crippen LogP contribution in [-0.2, 0) is 9.53 Å². The molecule has 0 radical (unpaired) electrons. The van der Waals surface area contributed by atoms with Gasteiger partial charge in [0.2, 0.25) is 0 Å². The van der Waals surface area contributed by atoms with Crippen LogP contribution in [0.1, 0.15) is 52.9 Å². The number of hydrogen-bond acceptors (Lipinski definition) is 3. The summed E-state index contributed by atoms with van der Waals surface area (Å²) in [6.45, 7) is 6.98. The number of ether oxygens (including phenoxy) is 1. The second-order valence-electron chi connectivity index (χ2n) is 5.32. The fraction of sp³-hybridized carbons (Fsp3) is 0.917. The molecule has 0 atom stereocenters. The summed E-state index contributed by atoms with van der Waals surface area (Å²) < 4.78 is 5.35. The molecule has 1 rings (SSSR count). The molecule has 0 amide bonds. The topological polar surface area (TPSA) is 38.3 Å². The lowest BCUT2D eigenvalue weighted by Gasteiger charge is -2.20. The van der Waals surface area contributed by atoms with Gasteiger partial charge in [0.15, 0.2) is 0 Å². The fourth-order valence-electron chi connectivity index (χ4n) is 1.79. The molecule has 0 aliphatic heterocycles. The first-order valence-corrected chi connectivity index (χ1v) is 5.92. The molecule has 15 heavy (non-hydrogen) atoms. The summed E-state index contributed by atoms with van der Waals surface area (Å²) in [6, 6.07) is 0. The van der Waals surface area contributed by atoms with E-state index in [4.69, 9.17) is 4.74 Å². The van der Waals surface area contributed by atoms with Gasteiger partial charge < -0.3 is 10.1 Å². The zero-order valence-electron chi connectivity index (χ0n) is 10.1. The molecule has 0 spiro atoms. The van der Waals surface area contributed by atoms with Crippen LogP contribution < -0.4 is 5.32 Å². The minimum atomic E-state index is -0.0568. The molecule has 0 aromatic rings. The van der Waals surface area contributed by atoms with E-state index in [2.05, 4.69) is 26.1 Å². The summed E-state index contributed by atoms with van der Waals surface area (Å²) in [5.41, 5.74) is 0.0770. The van der Waals surface area contributed by atoms with E-state index in [0.717, 1.165) is 12.8 Å². The SMILES string of the molecule is CC(C)(C)NCCC(=O)OC1CCCC1. The van der Waals surface area contributed by atoms with Gasteiger partial charge in [-0.05, 0) is 46.5 Å². The van der Waals surface area contributed by atoms with Gasteiger partial charge in [0.1, 0.15) is 6.10 Å². The molecule has 0 heterocycles. The first-order chi connectivity index (χ1) is 6.97. The van der Waals surface area contributed by atoms with E-state index in [1.165, 1.54) is 12.8 Å². The second kappa shape index (κ2) is 5.50. The summed E-state index contributed by atoms with van der Waals surface area (Å²) in [5.74, 6) is -0.0568. The fourth-order valence-corrected chi connectivity index (χ4v) is 1.79. The van der Waals surface area contributed by atoms with Gasteiger partial charge in [-0.1, -0.05) is 0 Å². The Hall–Kier alpha value is -0.570. The lowest BCUT2D eigenvalue weighted by atomic mass is 10.1. The molecule has 0 saturated heterocycles. The minimum absolute atomic E-state index is 0.0568. The van der Waals surface area contributed by atoms with Gasteiger partial charge in [0.25, 0.3) is 0 Å². The van der Waals surface area contributed by atoms with Crippen molar-refractivity contribution in [2.45, 2.75) is 64.5 Å². The van der Waals surface area contributed by atoms with Crippen molar-refractivity contribution in [3.05, 3.63) is 0 Å². The lowest BCUT2D eigenvalue weighted by Crippen LogP contribution is -2.37. The van der Waals surface area contributed by atoms with Crippen molar-refractivity contribution in [2.24, 2.45) is 0 Å². The largest absolute Gasteiger partial charge is 0.462 e. The molecule has 1 fully saturated rings. The standard InChI is InChI=1S/C12H23NO2/c1-12(2,3)13-9-8-11(14)15-10-6-4-5-7-10/h10,13H,4-9H2,1-3H3. The first-order valence-electron chi connectivity index (χ1n) is 5.92. The maximum absolute atomic E-state index is 11.4. The molecule has 3 heteroatoms. The Morgan fingerprint density at radius 1 is 1.33 bits per heavy atom. The summed E-state index contributed by atoms with van der Waals surface area (Å²) in [7, 11) is 0. The molecule has 0 aromatic carbocycles. The predicted molar refractivity (Wildman–Crippen MR) is 60.7 cm³/mol. The van der Waals surface area contributed by atoms with Crippen LogP contribution in [0.3, 0.4) is 0 Å². The van der Waals surface area contributed by atoms with E-state index in [9.17, 15) is 4.79 Å². The van der Waals surface area contributed by atoms with Gasteiger partial charge in [-0.3, -0.25) is 4.79 Å². The first kappa shape index (κ1) is 12.5. The van der Waals surface area contributed by atoms with Gasteiger partial charge in [-0.15, -0.1) is 0 Å². The predicted octanol–water partition coefficient (Wildman–Crippen LogP) is 2.25. The van der Waals surface area contributed by atoms with E-state index in [0.29, 0.717) is 13.0 Å². The van der Waals surface area contributed by atoms with Gasteiger partial charge >= 0.3 is 5.97 Å². The Morgan fingerprint density at radius 3 is 2.47 bits per heavy atom. The third kappa shape index (κ3) is 5.78. The average molecular weight is 213 g/mol. The lowest BCUT2D eigenvalue weighted by molar-refractivity contribution is -0.148. The maximum Gasteiger partial charge on any atom is 0.307 e. The van der Waals surface area contributed by atoms with Crippen molar-refractivity contribution in [2.75, 3.05) is 6.54 Å². The van der Waals surface area contributed by atoms with Crippen LogP contribution in [0.5, 0.6) is 0 Å². The van der Waals surface area contributed by atoms with Crippen molar-refractivity contribution in [1.82, 2.24) is 5.32 Å². The zero-order valence-corrected chi connectivity index (χ0v) is 10.1. The quantitative estimate of drug-likeness (QED) is 0.728. The van der Waals surface area contributed by atoms with E-state index >= 15 is 0 Å². The highest BCUT2D eigenvalue weighted by Crippen LogP contribution is 2.21. The third-order valence-electron chi connectivity index (χ3n) is 2.58. The van der Waals surface area contributed by atoms with Crippen LogP contribution >= 0.6 is 0 Å². The normalized spacial score (nSPS) is 18.1. The Balaban J connectivity index is 2.08. The smallest absolute Gasteiger partial charge is 0.307 e. The van der Waals surface area contributed by atoms with Crippen LogP contribution in [0.15, 0.2) is 0 Å². The number of hydrogen-bond donors (Lipinski definition) is 1. The average Bonchev–Trinajstić information content (AvgIpc) is 2.54. The molecule has 0 unspecified atom stereocenters. The Bertz CT molecular complexity index is 202. The maximum atomic E-state index is 11.4. The van der Waals surface area contributed by atoms with Gasteiger partial charge in [0.05, 0.1) is 6.42 Å². The monoisotopic (exact) mass is 213 g/mol. The number of carbonyl (C=O) groups is 1. The van der Waals surface area contributed by atoms with Crippen LogP contribution in [0, 0.1) is 0 Å². The van der Waals surface area contributed by atoms with Crippen LogP contribution in [0.4, 0.5) is 0 Å². The van der Waals surface area contributed by atoms with E-state index in [1.807, 2.05) is 0 Å². The summed E-state index contributed by atoms with van der Waals surface area (Å²) in [6.07, 6.45) is 5.20. The van der Waals surface area contributed by atoms with Gasteiger partial charge in [0, 0.05) is 12.1 Å². The van der Waals surface area contributed by atoms with Crippen molar-refractivity contribution in [3.63, 3.8) is 0 Å². The highest BCUT2D eigenvalue weighted by atomic mass is 16.5. The molecule has 1 aliphatic rings. The number of rotatable bonds is 4.